The number of rotatable bonds is 2. The van der Waals surface area contributed by atoms with Gasteiger partial charge in [0.05, 0.1) is 12.0 Å². The standard InChI is InChI=1S/C8H7N3O2/c12-8(13)7-6(10-4-11-7)5-2-1-3-9-5/h1-4,9H,(H,10,11)(H,12,13). The fourth-order valence-corrected chi connectivity index (χ4v) is 1.14. The molecule has 2 heterocycles. The number of carbonyl (C=O) groups is 1. The summed E-state index contributed by atoms with van der Waals surface area (Å²) < 4.78 is 0. The average molecular weight is 177 g/mol. The molecule has 0 saturated carbocycles. The van der Waals surface area contributed by atoms with Crippen LogP contribution in [0.5, 0.6) is 0 Å². The van der Waals surface area contributed by atoms with Gasteiger partial charge in [0.2, 0.25) is 0 Å². The van der Waals surface area contributed by atoms with Gasteiger partial charge in [-0.1, -0.05) is 0 Å². The van der Waals surface area contributed by atoms with Crippen LogP contribution in [0.3, 0.4) is 0 Å². The number of aromatic nitrogens is 3. The summed E-state index contributed by atoms with van der Waals surface area (Å²) in [5, 5.41) is 8.77. The van der Waals surface area contributed by atoms with Gasteiger partial charge in [-0.05, 0) is 12.1 Å². The number of aromatic carboxylic acids is 1. The van der Waals surface area contributed by atoms with Gasteiger partial charge in [0.1, 0.15) is 5.69 Å². The highest BCUT2D eigenvalue weighted by Gasteiger charge is 2.14. The van der Waals surface area contributed by atoms with Crippen LogP contribution in [0.1, 0.15) is 10.5 Å². The largest absolute Gasteiger partial charge is 0.477 e. The first kappa shape index (κ1) is 7.60. The molecular weight excluding hydrogens is 170 g/mol. The van der Waals surface area contributed by atoms with Crippen LogP contribution in [0.15, 0.2) is 24.7 Å². The molecule has 3 N–H and O–H groups in total. The zero-order valence-electron chi connectivity index (χ0n) is 6.61. The number of carboxylic acid groups (broad SMARTS) is 1. The Labute approximate surface area is 73.4 Å². The highest BCUT2D eigenvalue weighted by molar-refractivity contribution is 5.92. The van der Waals surface area contributed by atoms with Crippen LogP contribution < -0.4 is 0 Å². The van der Waals surface area contributed by atoms with Crippen LogP contribution in [0.4, 0.5) is 0 Å². The minimum absolute atomic E-state index is 0.0995. The van der Waals surface area contributed by atoms with Crippen molar-refractivity contribution in [1.29, 1.82) is 0 Å². The molecule has 0 amide bonds. The summed E-state index contributed by atoms with van der Waals surface area (Å²) in [5.74, 6) is -1.01. The lowest BCUT2D eigenvalue weighted by Crippen LogP contribution is -1.98. The fraction of sp³-hybridized carbons (Fsp3) is 0. The molecule has 2 rings (SSSR count). The zero-order chi connectivity index (χ0) is 9.26. The number of imidazole rings is 1. The molecule has 2 aromatic heterocycles. The lowest BCUT2D eigenvalue weighted by atomic mass is 10.2. The van der Waals surface area contributed by atoms with E-state index in [4.69, 9.17) is 5.11 Å². The van der Waals surface area contributed by atoms with Crippen molar-refractivity contribution < 1.29 is 9.90 Å². The third kappa shape index (κ3) is 1.20. The number of carboxylic acids is 1. The maximum atomic E-state index is 10.7. The van der Waals surface area contributed by atoms with E-state index in [0.717, 1.165) is 0 Å². The lowest BCUT2D eigenvalue weighted by Gasteiger charge is -1.93. The molecule has 5 heteroatoms. The van der Waals surface area contributed by atoms with Gasteiger partial charge in [-0.3, -0.25) is 0 Å². The van der Waals surface area contributed by atoms with Crippen LogP contribution in [-0.2, 0) is 0 Å². The Balaban J connectivity index is 2.52. The van der Waals surface area contributed by atoms with Gasteiger partial charge in [0, 0.05) is 6.20 Å². The van der Waals surface area contributed by atoms with Gasteiger partial charge in [-0.2, -0.15) is 0 Å². The van der Waals surface area contributed by atoms with Crippen LogP contribution in [-0.4, -0.2) is 26.0 Å². The van der Waals surface area contributed by atoms with Crippen LogP contribution in [0, 0.1) is 0 Å². The van der Waals surface area contributed by atoms with E-state index in [-0.39, 0.29) is 5.69 Å². The van der Waals surface area contributed by atoms with E-state index in [9.17, 15) is 4.79 Å². The number of hydrogen-bond acceptors (Lipinski definition) is 2. The molecule has 0 aliphatic rings. The SMILES string of the molecule is O=C(O)c1[nH]cnc1-c1ccc[nH]1. The Kier molecular flexibility index (Phi) is 1.63. The van der Waals surface area contributed by atoms with Crippen LogP contribution in [0.25, 0.3) is 11.4 Å². The van der Waals surface area contributed by atoms with E-state index in [1.54, 1.807) is 18.3 Å². The number of nitrogens with zero attached hydrogens (tertiary/aromatic N) is 1. The molecule has 0 radical (unpaired) electrons. The van der Waals surface area contributed by atoms with Gasteiger partial charge < -0.3 is 15.1 Å². The third-order valence-corrected chi connectivity index (χ3v) is 1.71. The maximum absolute atomic E-state index is 10.7. The predicted molar refractivity (Wildman–Crippen MR) is 45.3 cm³/mol. The van der Waals surface area contributed by atoms with Crippen molar-refractivity contribution in [2.24, 2.45) is 0 Å². The summed E-state index contributed by atoms with van der Waals surface area (Å²) in [6.07, 6.45) is 3.08. The second-order valence-electron chi connectivity index (χ2n) is 2.52. The first-order valence-corrected chi connectivity index (χ1v) is 3.69. The molecule has 2 aromatic rings. The summed E-state index contributed by atoms with van der Waals surface area (Å²) in [5.41, 5.74) is 1.22. The molecule has 0 fully saturated rings. The number of hydrogen-bond donors (Lipinski definition) is 3. The highest BCUT2D eigenvalue weighted by Crippen LogP contribution is 2.17. The van der Waals surface area contributed by atoms with Crippen molar-refractivity contribution in [3.8, 4) is 11.4 Å². The van der Waals surface area contributed by atoms with Crippen molar-refractivity contribution >= 4 is 5.97 Å². The Morgan fingerprint density at radius 2 is 2.31 bits per heavy atom. The Hall–Kier alpha value is -2.04. The van der Waals surface area contributed by atoms with E-state index in [0.29, 0.717) is 11.4 Å². The third-order valence-electron chi connectivity index (χ3n) is 1.71. The predicted octanol–water partition coefficient (Wildman–Crippen LogP) is 1.10. The normalized spacial score (nSPS) is 10.2. The molecule has 0 aliphatic carbocycles. The molecule has 0 aromatic carbocycles. The number of nitrogens with one attached hydrogen (secondary N) is 2. The monoisotopic (exact) mass is 177 g/mol. The van der Waals surface area contributed by atoms with E-state index >= 15 is 0 Å². The number of H-pyrrole nitrogens is 2. The first-order valence-electron chi connectivity index (χ1n) is 3.69. The molecule has 0 atom stereocenters. The summed E-state index contributed by atoms with van der Waals surface area (Å²) >= 11 is 0. The lowest BCUT2D eigenvalue weighted by molar-refractivity contribution is 0.0692. The van der Waals surface area contributed by atoms with Gasteiger partial charge >= 0.3 is 5.97 Å². The van der Waals surface area contributed by atoms with Crippen LogP contribution >= 0.6 is 0 Å². The topological polar surface area (TPSA) is 81.8 Å². The molecule has 0 unspecified atom stereocenters. The Bertz CT molecular complexity index is 416. The summed E-state index contributed by atoms with van der Waals surface area (Å²) in [4.78, 5) is 20.1. The molecule has 13 heavy (non-hydrogen) atoms. The second-order valence-corrected chi connectivity index (χ2v) is 2.52. The van der Waals surface area contributed by atoms with E-state index in [2.05, 4.69) is 15.0 Å². The summed E-state index contributed by atoms with van der Waals surface area (Å²) in [6, 6.07) is 3.55. The maximum Gasteiger partial charge on any atom is 0.354 e. The molecular formula is C8H7N3O2. The molecule has 66 valence electrons. The first-order chi connectivity index (χ1) is 6.29. The molecule has 0 aliphatic heterocycles. The molecule has 0 saturated heterocycles. The van der Waals surface area contributed by atoms with Gasteiger partial charge in [-0.15, -0.1) is 0 Å². The minimum atomic E-state index is -1.01. The van der Waals surface area contributed by atoms with Gasteiger partial charge in [0.25, 0.3) is 0 Å². The Morgan fingerprint density at radius 1 is 1.46 bits per heavy atom. The Morgan fingerprint density at radius 3 is 2.92 bits per heavy atom. The van der Waals surface area contributed by atoms with Crippen molar-refractivity contribution in [1.82, 2.24) is 15.0 Å². The summed E-state index contributed by atoms with van der Waals surface area (Å²) in [6.45, 7) is 0. The second kappa shape index (κ2) is 2.78. The van der Waals surface area contributed by atoms with E-state index in [1.807, 2.05) is 0 Å². The van der Waals surface area contributed by atoms with E-state index in [1.165, 1.54) is 6.33 Å². The number of aromatic amines is 2. The molecule has 0 bridgehead atoms. The van der Waals surface area contributed by atoms with Crippen molar-refractivity contribution in [2.75, 3.05) is 0 Å². The molecule has 0 spiro atoms. The fourth-order valence-electron chi connectivity index (χ4n) is 1.14. The quantitative estimate of drug-likeness (QED) is 0.642. The minimum Gasteiger partial charge on any atom is -0.477 e. The van der Waals surface area contributed by atoms with Crippen molar-refractivity contribution in [3.63, 3.8) is 0 Å². The van der Waals surface area contributed by atoms with Crippen molar-refractivity contribution in [3.05, 3.63) is 30.4 Å². The smallest absolute Gasteiger partial charge is 0.354 e. The van der Waals surface area contributed by atoms with Gasteiger partial charge in [-0.25, -0.2) is 9.78 Å². The van der Waals surface area contributed by atoms with Crippen LogP contribution in [0.2, 0.25) is 0 Å². The highest BCUT2D eigenvalue weighted by atomic mass is 16.4. The zero-order valence-corrected chi connectivity index (χ0v) is 6.61. The molecule has 5 nitrogen and oxygen atoms in total. The summed E-state index contributed by atoms with van der Waals surface area (Å²) in [7, 11) is 0. The van der Waals surface area contributed by atoms with Crippen molar-refractivity contribution in [2.45, 2.75) is 0 Å². The van der Waals surface area contributed by atoms with Gasteiger partial charge in [0.15, 0.2) is 5.69 Å². The van der Waals surface area contributed by atoms with E-state index < -0.39 is 5.97 Å². The average Bonchev–Trinajstić information content (AvgIpc) is 2.74.